The molecule has 0 radical (unpaired) electrons. The Kier molecular flexibility index (Phi) is 9.58. The average Bonchev–Trinajstić information content (AvgIpc) is 3.43. The molecule has 3 rings (SSSR count). The molecule has 2 aliphatic heterocycles. The third kappa shape index (κ3) is 7.73. The van der Waals surface area contributed by atoms with Crippen LogP contribution in [0.4, 0.5) is 0 Å². The zero-order chi connectivity index (χ0) is 18.4. The van der Waals surface area contributed by atoms with Gasteiger partial charge < -0.3 is 20.4 Å². The van der Waals surface area contributed by atoms with Crippen molar-refractivity contribution in [3.8, 4) is 0 Å². The lowest BCUT2D eigenvalue weighted by atomic mass is 9.99. The molecule has 0 bridgehead atoms. The minimum atomic E-state index is 0. The molecular weight excluding hydrogens is 455 g/mol. The van der Waals surface area contributed by atoms with E-state index in [1.165, 1.54) is 19.4 Å². The third-order valence-electron chi connectivity index (χ3n) is 5.54. The van der Waals surface area contributed by atoms with E-state index in [1.54, 1.807) is 0 Å². The van der Waals surface area contributed by atoms with Crippen LogP contribution in [0.2, 0.25) is 0 Å². The number of likely N-dealkylation sites (tertiary alicyclic amines) is 1. The molecule has 2 heterocycles. The molecule has 27 heavy (non-hydrogen) atoms. The highest BCUT2D eigenvalue weighted by Crippen LogP contribution is 2.18. The van der Waals surface area contributed by atoms with Gasteiger partial charge in [-0.15, -0.1) is 24.0 Å². The van der Waals surface area contributed by atoms with Crippen LogP contribution in [0.5, 0.6) is 0 Å². The third-order valence-corrected chi connectivity index (χ3v) is 5.54. The molecular formula is C19H37IN6O. The molecule has 2 saturated heterocycles. The Morgan fingerprint density at radius 1 is 1.11 bits per heavy atom. The van der Waals surface area contributed by atoms with Crippen LogP contribution in [0, 0.1) is 5.92 Å². The maximum absolute atomic E-state index is 12.0. The predicted molar refractivity (Wildman–Crippen MR) is 121 cm³/mol. The summed E-state index contributed by atoms with van der Waals surface area (Å²) < 4.78 is 0. The van der Waals surface area contributed by atoms with Gasteiger partial charge in [0.15, 0.2) is 5.96 Å². The summed E-state index contributed by atoms with van der Waals surface area (Å²) in [7, 11) is 2.21. The number of guanidine groups is 1. The quantitative estimate of drug-likeness (QED) is 0.327. The van der Waals surface area contributed by atoms with Crippen LogP contribution >= 0.6 is 24.0 Å². The number of hydrogen-bond acceptors (Lipinski definition) is 4. The number of hydrogen-bond donors (Lipinski definition) is 2. The van der Waals surface area contributed by atoms with Gasteiger partial charge in [-0.1, -0.05) is 0 Å². The monoisotopic (exact) mass is 492 g/mol. The smallest absolute Gasteiger partial charge is 0.234 e. The number of aliphatic imine (C=N–C) groups is 1. The van der Waals surface area contributed by atoms with Gasteiger partial charge in [-0.2, -0.15) is 0 Å². The molecule has 0 aromatic carbocycles. The minimum Gasteiger partial charge on any atom is -0.357 e. The summed E-state index contributed by atoms with van der Waals surface area (Å²) in [6.07, 6.45) is 4.88. The van der Waals surface area contributed by atoms with E-state index in [0.717, 1.165) is 64.6 Å². The Balaban J connectivity index is 0.00000261. The van der Waals surface area contributed by atoms with Gasteiger partial charge in [0, 0.05) is 51.9 Å². The fraction of sp³-hybridized carbons (Fsp3) is 0.895. The summed E-state index contributed by atoms with van der Waals surface area (Å²) in [5, 5.41) is 6.54. The number of halogens is 1. The van der Waals surface area contributed by atoms with E-state index in [1.807, 2.05) is 0 Å². The van der Waals surface area contributed by atoms with Gasteiger partial charge in [-0.3, -0.25) is 14.7 Å². The first-order valence-corrected chi connectivity index (χ1v) is 10.4. The molecule has 8 heteroatoms. The second kappa shape index (κ2) is 11.4. The number of nitrogens with one attached hydrogen (secondary N) is 2. The van der Waals surface area contributed by atoms with E-state index >= 15 is 0 Å². The molecule has 1 saturated carbocycles. The number of carbonyl (C=O) groups is 1. The second-order valence-electron chi connectivity index (χ2n) is 8.07. The van der Waals surface area contributed by atoms with Crippen molar-refractivity contribution in [2.75, 3.05) is 66.0 Å². The number of carbonyl (C=O) groups excluding carboxylic acids is 1. The molecule has 2 N–H and O–H groups in total. The standard InChI is InChI=1S/C19H36N6O.HI/c1-3-20-19(21-13-16-5-4-8-23(2)14-16)25-11-9-24(10-12-25)15-18(26)22-17-6-7-17;/h16-17H,3-15H2,1-2H3,(H,20,21)(H,22,26);1H. The van der Waals surface area contributed by atoms with Crippen molar-refractivity contribution >= 4 is 35.8 Å². The Labute approximate surface area is 181 Å². The van der Waals surface area contributed by atoms with Crippen molar-refractivity contribution in [3.05, 3.63) is 0 Å². The maximum Gasteiger partial charge on any atom is 0.234 e. The number of rotatable bonds is 6. The van der Waals surface area contributed by atoms with Crippen molar-refractivity contribution in [1.82, 2.24) is 25.3 Å². The van der Waals surface area contributed by atoms with E-state index < -0.39 is 0 Å². The van der Waals surface area contributed by atoms with Crippen LogP contribution in [0.15, 0.2) is 4.99 Å². The van der Waals surface area contributed by atoms with Gasteiger partial charge in [0.2, 0.25) is 5.91 Å². The van der Waals surface area contributed by atoms with Crippen molar-refractivity contribution in [1.29, 1.82) is 0 Å². The van der Waals surface area contributed by atoms with Crippen LogP contribution in [-0.4, -0.2) is 98.6 Å². The normalized spacial score (nSPS) is 25.0. The largest absolute Gasteiger partial charge is 0.357 e. The first kappa shape index (κ1) is 22.7. The zero-order valence-electron chi connectivity index (χ0n) is 17.0. The summed E-state index contributed by atoms with van der Waals surface area (Å²) in [5.41, 5.74) is 0. The van der Waals surface area contributed by atoms with Crippen LogP contribution in [0.25, 0.3) is 0 Å². The molecule has 0 spiro atoms. The Morgan fingerprint density at radius 2 is 1.85 bits per heavy atom. The van der Waals surface area contributed by atoms with E-state index in [4.69, 9.17) is 4.99 Å². The Hall–Kier alpha value is -0.610. The molecule has 7 nitrogen and oxygen atoms in total. The van der Waals surface area contributed by atoms with E-state index in [-0.39, 0.29) is 29.9 Å². The van der Waals surface area contributed by atoms with Crippen LogP contribution in [0.1, 0.15) is 32.6 Å². The van der Waals surface area contributed by atoms with Crippen molar-refractivity contribution < 1.29 is 4.79 Å². The van der Waals surface area contributed by atoms with Crippen molar-refractivity contribution in [2.45, 2.75) is 38.6 Å². The van der Waals surface area contributed by atoms with Gasteiger partial charge in [0.05, 0.1) is 6.54 Å². The van der Waals surface area contributed by atoms with Gasteiger partial charge in [0.25, 0.3) is 0 Å². The molecule has 1 atom stereocenters. The number of piperidine rings is 1. The summed E-state index contributed by atoms with van der Waals surface area (Å²) in [6, 6.07) is 0.454. The lowest BCUT2D eigenvalue weighted by molar-refractivity contribution is -0.122. The Morgan fingerprint density at radius 3 is 2.48 bits per heavy atom. The van der Waals surface area contributed by atoms with Crippen molar-refractivity contribution in [2.24, 2.45) is 10.9 Å². The molecule has 0 aromatic heterocycles. The first-order valence-electron chi connectivity index (χ1n) is 10.4. The molecule has 0 aromatic rings. The molecule has 156 valence electrons. The Bertz CT molecular complexity index is 491. The predicted octanol–water partition coefficient (Wildman–Crippen LogP) is 0.808. The van der Waals surface area contributed by atoms with Crippen LogP contribution in [0.3, 0.4) is 0 Å². The fourth-order valence-electron chi connectivity index (χ4n) is 3.89. The molecule has 3 fully saturated rings. The summed E-state index contributed by atoms with van der Waals surface area (Å²) in [5.74, 6) is 1.90. The minimum absolute atomic E-state index is 0. The van der Waals surface area contributed by atoms with E-state index in [0.29, 0.717) is 18.5 Å². The highest BCUT2D eigenvalue weighted by atomic mass is 127. The number of piperazine rings is 1. The first-order chi connectivity index (χ1) is 12.6. The molecule has 1 amide bonds. The van der Waals surface area contributed by atoms with Gasteiger partial charge in [-0.05, 0) is 52.1 Å². The number of nitrogens with zero attached hydrogens (tertiary/aromatic N) is 4. The lowest BCUT2D eigenvalue weighted by Gasteiger charge is -2.36. The number of amides is 1. The lowest BCUT2D eigenvalue weighted by Crippen LogP contribution is -2.54. The summed E-state index contributed by atoms with van der Waals surface area (Å²) in [6.45, 7) is 10.6. The zero-order valence-corrected chi connectivity index (χ0v) is 19.3. The van der Waals surface area contributed by atoms with Crippen LogP contribution < -0.4 is 10.6 Å². The highest BCUT2D eigenvalue weighted by Gasteiger charge is 2.26. The average molecular weight is 492 g/mol. The maximum atomic E-state index is 12.0. The van der Waals surface area contributed by atoms with Crippen LogP contribution in [-0.2, 0) is 4.79 Å². The fourth-order valence-corrected chi connectivity index (χ4v) is 3.89. The molecule has 1 aliphatic carbocycles. The highest BCUT2D eigenvalue weighted by molar-refractivity contribution is 14.0. The molecule has 1 unspecified atom stereocenters. The van der Waals surface area contributed by atoms with Gasteiger partial charge >= 0.3 is 0 Å². The summed E-state index contributed by atoms with van der Waals surface area (Å²) >= 11 is 0. The van der Waals surface area contributed by atoms with Gasteiger partial charge in [-0.25, -0.2) is 0 Å². The SMILES string of the molecule is CCNC(=NCC1CCCN(C)C1)N1CCN(CC(=O)NC2CC2)CC1.I. The van der Waals surface area contributed by atoms with Gasteiger partial charge in [0.1, 0.15) is 0 Å². The molecule has 3 aliphatic rings. The second-order valence-corrected chi connectivity index (χ2v) is 8.07. The summed E-state index contributed by atoms with van der Waals surface area (Å²) in [4.78, 5) is 23.9. The van der Waals surface area contributed by atoms with Crippen molar-refractivity contribution in [3.63, 3.8) is 0 Å². The van der Waals surface area contributed by atoms with E-state index in [2.05, 4.69) is 39.3 Å². The topological polar surface area (TPSA) is 63.2 Å². The van der Waals surface area contributed by atoms with E-state index in [9.17, 15) is 4.79 Å².